The second-order valence-corrected chi connectivity index (χ2v) is 5.50. The number of rotatable bonds is 4. The van der Waals surface area contributed by atoms with Gasteiger partial charge in [-0.2, -0.15) is 0 Å². The third-order valence-corrected chi connectivity index (χ3v) is 3.76. The van der Waals surface area contributed by atoms with Crippen molar-refractivity contribution in [3.05, 3.63) is 29.8 Å². The summed E-state index contributed by atoms with van der Waals surface area (Å²) in [6.07, 6.45) is 0. The molecule has 1 aliphatic heterocycles. The number of piperazine rings is 1. The maximum Gasteiger partial charge on any atom is 0.253 e. The van der Waals surface area contributed by atoms with Crippen LogP contribution >= 0.6 is 0 Å². The maximum atomic E-state index is 12.5. The Balaban J connectivity index is 1.89. The zero-order valence-electron chi connectivity index (χ0n) is 13.5. The van der Waals surface area contributed by atoms with Crippen molar-refractivity contribution in [2.75, 3.05) is 45.1 Å². The Bertz CT molecular complexity index is 577. The van der Waals surface area contributed by atoms with Crippen LogP contribution in [-0.2, 0) is 9.59 Å². The highest BCUT2D eigenvalue weighted by Gasteiger charge is 2.23. The van der Waals surface area contributed by atoms with Crippen molar-refractivity contribution in [1.82, 2.24) is 15.1 Å². The minimum Gasteiger partial charge on any atom is -0.358 e. The lowest BCUT2D eigenvalue weighted by molar-refractivity contribution is -0.122. The molecular weight excluding hydrogens is 296 g/mol. The molecule has 0 aliphatic carbocycles. The third kappa shape index (κ3) is 4.79. The molecule has 1 aromatic carbocycles. The molecule has 7 nitrogen and oxygen atoms in total. The molecule has 0 saturated carbocycles. The smallest absolute Gasteiger partial charge is 0.253 e. The first kappa shape index (κ1) is 17.0. The van der Waals surface area contributed by atoms with Crippen molar-refractivity contribution >= 4 is 23.4 Å². The van der Waals surface area contributed by atoms with E-state index in [-0.39, 0.29) is 17.7 Å². The molecule has 2 rings (SSSR count). The summed E-state index contributed by atoms with van der Waals surface area (Å²) >= 11 is 0. The summed E-state index contributed by atoms with van der Waals surface area (Å²) in [5, 5.41) is 5.27. The fraction of sp³-hybridized carbons (Fsp3) is 0.438. The number of benzene rings is 1. The standard InChI is InChI=1S/C16H22N4O3/c1-12(21)18-14-5-3-13(4-6-14)16(23)20-9-7-19(8-10-20)11-15(22)17-2/h3-6H,7-11H2,1-2H3,(H,17,22)(H,18,21). The van der Waals surface area contributed by atoms with Gasteiger partial charge in [0.15, 0.2) is 0 Å². The molecule has 0 bridgehead atoms. The number of likely N-dealkylation sites (N-methyl/N-ethyl adjacent to an activating group) is 1. The van der Waals surface area contributed by atoms with Gasteiger partial charge >= 0.3 is 0 Å². The van der Waals surface area contributed by atoms with Crippen molar-refractivity contribution in [3.8, 4) is 0 Å². The summed E-state index contributed by atoms with van der Waals surface area (Å²) in [6, 6.07) is 6.86. The van der Waals surface area contributed by atoms with Gasteiger partial charge in [0.1, 0.15) is 0 Å². The molecule has 23 heavy (non-hydrogen) atoms. The largest absolute Gasteiger partial charge is 0.358 e. The molecule has 7 heteroatoms. The van der Waals surface area contributed by atoms with Crippen molar-refractivity contribution in [1.29, 1.82) is 0 Å². The van der Waals surface area contributed by atoms with Gasteiger partial charge in [0.05, 0.1) is 6.54 Å². The van der Waals surface area contributed by atoms with E-state index in [2.05, 4.69) is 10.6 Å². The summed E-state index contributed by atoms with van der Waals surface area (Å²) in [7, 11) is 1.62. The van der Waals surface area contributed by atoms with Gasteiger partial charge in [-0.05, 0) is 24.3 Å². The predicted molar refractivity (Wildman–Crippen MR) is 87.2 cm³/mol. The lowest BCUT2D eigenvalue weighted by Gasteiger charge is -2.34. The quantitative estimate of drug-likeness (QED) is 0.828. The van der Waals surface area contributed by atoms with Crippen LogP contribution < -0.4 is 10.6 Å². The summed E-state index contributed by atoms with van der Waals surface area (Å²) in [6.45, 7) is 4.38. The van der Waals surface area contributed by atoms with Crippen molar-refractivity contribution < 1.29 is 14.4 Å². The lowest BCUT2D eigenvalue weighted by atomic mass is 10.1. The van der Waals surface area contributed by atoms with Crippen LogP contribution in [-0.4, -0.2) is 67.3 Å². The minimum atomic E-state index is -0.142. The number of carbonyl (C=O) groups is 3. The van der Waals surface area contributed by atoms with Gasteiger partial charge in [-0.1, -0.05) is 0 Å². The van der Waals surface area contributed by atoms with Crippen molar-refractivity contribution in [2.45, 2.75) is 6.92 Å². The number of amides is 3. The number of hydrogen-bond acceptors (Lipinski definition) is 4. The Labute approximate surface area is 135 Å². The van der Waals surface area contributed by atoms with Gasteiger partial charge < -0.3 is 15.5 Å². The van der Waals surface area contributed by atoms with Crippen LogP contribution in [0, 0.1) is 0 Å². The molecule has 0 atom stereocenters. The first-order valence-electron chi connectivity index (χ1n) is 7.59. The van der Waals surface area contributed by atoms with Crippen LogP contribution in [0.5, 0.6) is 0 Å². The second kappa shape index (κ2) is 7.73. The summed E-state index contributed by atoms with van der Waals surface area (Å²) in [5.74, 6) is -0.186. The van der Waals surface area contributed by atoms with Crippen LogP contribution in [0.1, 0.15) is 17.3 Å². The van der Waals surface area contributed by atoms with Gasteiger partial charge in [-0.25, -0.2) is 0 Å². The first-order valence-corrected chi connectivity index (χ1v) is 7.59. The zero-order valence-corrected chi connectivity index (χ0v) is 13.5. The van der Waals surface area contributed by atoms with Crippen LogP contribution in [0.4, 0.5) is 5.69 Å². The van der Waals surface area contributed by atoms with E-state index in [0.29, 0.717) is 44.0 Å². The Hall–Kier alpha value is -2.41. The summed E-state index contributed by atoms with van der Waals surface area (Å²) < 4.78 is 0. The van der Waals surface area contributed by atoms with E-state index in [1.807, 2.05) is 4.90 Å². The Morgan fingerprint density at radius 2 is 1.65 bits per heavy atom. The van der Waals surface area contributed by atoms with Crippen LogP contribution in [0.25, 0.3) is 0 Å². The third-order valence-electron chi connectivity index (χ3n) is 3.76. The molecule has 1 aromatic rings. The van der Waals surface area contributed by atoms with E-state index in [0.717, 1.165) is 0 Å². The molecule has 0 unspecified atom stereocenters. The van der Waals surface area contributed by atoms with E-state index in [1.54, 1.807) is 36.2 Å². The average Bonchev–Trinajstić information content (AvgIpc) is 2.55. The number of hydrogen-bond donors (Lipinski definition) is 2. The van der Waals surface area contributed by atoms with Gasteiger partial charge in [0.2, 0.25) is 11.8 Å². The zero-order chi connectivity index (χ0) is 16.8. The van der Waals surface area contributed by atoms with Crippen LogP contribution in [0.2, 0.25) is 0 Å². The molecule has 1 aliphatic rings. The number of anilines is 1. The van der Waals surface area contributed by atoms with Crippen LogP contribution in [0.3, 0.4) is 0 Å². The topological polar surface area (TPSA) is 81.8 Å². The van der Waals surface area contributed by atoms with Gasteiger partial charge in [0, 0.05) is 51.4 Å². The summed E-state index contributed by atoms with van der Waals surface area (Å²) in [4.78, 5) is 38.6. The molecule has 0 radical (unpaired) electrons. The number of nitrogens with one attached hydrogen (secondary N) is 2. The normalized spacial score (nSPS) is 15.1. The molecule has 1 heterocycles. The maximum absolute atomic E-state index is 12.5. The second-order valence-electron chi connectivity index (χ2n) is 5.50. The molecule has 0 aromatic heterocycles. The number of carbonyl (C=O) groups excluding carboxylic acids is 3. The monoisotopic (exact) mass is 318 g/mol. The van der Waals surface area contributed by atoms with E-state index >= 15 is 0 Å². The highest BCUT2D eigenvalue weighted by Crippen LogP contribution is 2.13. The van der Waals surface area contributed by atoms with E-state index in [4.69, 9.17) is 0 Å². The molecule has 3 amide bonds. The van der Waals surface area contributed by atoms with Gasteiger partial charge in [0.25, 0.3) is 5.91 Å². The van der Waals surface area contributed by atoms with Gasteiger partial charge in [-0.3, -0.25) is 19.3 Å². The average molecular weight is 318 g/mol. The molecular formula is C16H22N4O3. The lowest BCUT2D eigenvalue weighted by Crippen LogP contribution is -2.50. The molecule has 0 spiro atoms. The van der Waals surface area contributed by atoms with Crippen LogP contribution in [0.15, 0.2) is 24.3 Å². The SMILES string of the molecule is CNC(=O)CN1CCN(C(=O)c2ccc(NC(C)=O)cc2)CC1. The van der Waals surface area contributed by atoms with Crippen molar-refractivity contribution in [2.24, 2.45) is 0 Å². The Kier molecular flexibility index (Phi) is 5.70. The highest BCUT2D eigenvalue weighted by atomic mass is 16.2. The fourth-order valence-electron chi connectivity index (χ4n) is 2.47. The predicted octanol–water partition coefficient (Wildman–Crippen LogP) is 0.149. The van der Waals surface area contributed by atoms with E-state index in [1.165, 1.54) is 6.92 Å². The molecule has 1 saturated heterocycles. The van der Waals surface area contributed by atoms with Gasteiger partial charge in [-0.15, -0.1) is 0 Å². The minimum absolute atomic E-state index is 0.0154. The Morgan fingerprint density at radius 3 is 2.17 bits per heavy atom. The molecule has 2 N–H and O–H groups in total. The van der Waals surface area contributed by atoms with E-state index < -0.39 is 0 Å². The fourth-order valence-corrected chi connectivity index (χ4v) is 2.47. The van der Waals surface area contributed by atoms with Crippen molar-refractivity contribution in [3.63, 3.8) is 0 Å². The first-order chi connectivity index (χ1) is 11.0. The summed E-state index contributed by atoms with van der Waals surface area (Å²) in [5.41, 5.74) is 1.27. The van der Waals surface area contributed by atoms with E-state index in [9.17, 15) is 14.4 Å². The molecule has 1 fully saturated rings. The highest BCUT2D eigenvalue weighted by molar-refractivity contribution is 5.95. The Morgan fingerprint density at radius 1 is 1.04 bits per heavy atom. The number of nitrogens with zero attached hydrogens (tertiary/aromatic N) is 2. The molecule has 124 valence electrons.